The van der Waals surface area contributed by atoms with Gasteiger partial charge in [0.25, 0.3) is 0 Å². The topological polar surface area (TPSA) is 59.3 Å². The lowest BCUT2D eigenvalue weighted by Gasteiger charge is -2.15. The van der Waals surface area contributed by atoms with Crippen LogP contribution in [-0.4, -0.2) is 20.5 Å². The average molecular weight is 395 g/mol. The zero-order valence-corrected chi connectivity index (χ0v) is 14.7. The predicted octanol–water partition coefficient (Wildman–Crippen LogP) is 3.75. The van der Waals surface area contributed by atoms with Crippen molar-refractivity contribution in [2.45, 2.75) is 31.0 Å². The van der Waals surface area contributed by atoms with Gasteiger partial charge in [-0.1, -0.05) is 23.7 Å². The highest BCUT2D eigenvalue weighted by molar-refractivity contribution is 6.30. The number of halogens is 4. The fourth-order valence-corrected chi connectivity index (χ4v) is 3.22. The number of hydrogen-bond acceptors (Lipinski definition) is 3. The summed E-state index contributed by atoms with van der Waals surface area (Å²) in [6.45, 7) is -0.0172. The van der Waals surface area contributed by atoms with Crippen LogP contribution in [-0.2, 0) is 22.9 Å². The fourth-order valence-electron chi connectivity index (χ4n) is 3.10. The molecule has 0 unspecified atom stereocenters. The highest BCUT2D eigenvalue weighted by atomic mass is 35.5. The molecule has 1 fully saturated rings. The van der Waals surface area contributed by atoms with E-state index in [-0.39, 0.29) is 23.9 Å². The molecule has 1 aliphatic carbocycles. The van der Waals surface area contributed by atoms with Crippen LogP contribution in [0.4, 0.5) is 13.2 Å². The van der Waals surface area contributed by atoms with Gasteiger partial charge in [0.15, 0.2) is 11.5 Å². The summed E-state index contributed by atoms with van der Waals surface area (Å²) in [4.78, 5) is 12.7. The summed E-state index contributed by atoms with van der Waals surface area (Å²) < 4.78 is 40.0. The van der Waals surface area contributed by atoms with Crippen molar-refractivity contribution in [3.8, 4) is 0 Å². The maximum atomic E-state index is 12.9. The van der Waals surface area contributed by atoms with Gasteiger partial charge in [-0.15, -0.1) is 10.2 Å². The number of carbonyl (C=O) groups excluding carboxylic acids is 1. The zero-order chi connectivity index (χ0) is 19.2. The molecule has 1 aromatic carbocycles. The van der Waals surface area contributed by atoms with Crippen molar-refractivity contribution in [3.63, 3.8) is 0 Å². The van der Waals surface area contributed by atoms with Gasteiger partial charge in [-0.2, -0.15) is 13.2 Å². The summed E-state index contributed by atoms with van der Waals surface area (Å²) in [5, 5.41) is 11.1. The minimum Gasteiger partial charge on any atom is -0.348 e. The molecule has 1 saturated carbocycles. The molecule has 0 aliphatic heterocycles. The van der Waals surface area contributed by atoms with Crippen molar-refractivity contribution in [2.24, 2.45) is 0 Å². The second kappa shape index (κ2) is 6.23. The second-order valence-corrected chi connectivity index (χ2v) is 6.97. The van der Waals surface area contributed by atoms with E-state index in [1.54, 1.807) is 12.1 Å². The summed E-state index contributed by atoms with van der Waals surface area (Å²) in [6, 6.07) is 9.29. The van der Waals surface area contributed by atoms with Gasteiger partial charge < -0.3 is 5.32 Å². The quantitative estimate of drug-likeness (QED) is 0.733. The van der Waals surface area contributed by atoms with Crippen molar-refractivity contribution < 1.29 is 18.0 Å². The Kier molecular flexibility index (Phi) is 4.10. The molecule has 3 aromatic rings. The minimum absolute atomic E-state index is 0.0172. The number of hydrogen-bond donors (Lipinski definition) is 1. The van der Waals surface area contributed by atoms with Crippen LogP contribution in [0.15, 0.2) is 42.6 Å². The van der Waals surface area contributed by atoms with E-state index in [0.717, 1.165) is 17.8 Å². The maximum absolute atomic E-state index is 12.9. The van der Waals surface area contributed by atoms with Gasteiger partial charge >= 0.3 is 6.18 Å². The first-order valence-corrected chi connectivity index (χ1v) is 8.63. The fraction of sp³-hybridized carbons (Fsp3) is 0.278. The predicted molar refractivity (Wildman–Crippen MR) is 92.2 cm³/mol. The van der Waals surface area contributed by atoms with Crippen LogP contribution in [0, 0.1) is 0 Å². The van der Waals surface area contributed by atoms with E-state index in [4.69, 9.17) is 11.6 Å². The molecule has 0 spiro atoms. The lowest BCUT2D eigenvalue weighted by molar-refractivity contribution is -0.137. The van der Waals surface area contributed by atoms with E-state index in [1.165, 1.54) is 10.5 Å². The molecular weight excluding hydrogens is 381 g/mol. The largest absolute Gasteiger partial charge is 0.417 e. The third-order valence-corrected chi connectivity index (χ3v) is 5.04. The molecule has 1 N–H and O–H groups in total. The van der Waals surface area contributed by atoms with Crippen LogP contribution in [0.1, 0.15) is 29.8 Å². The number of aromatic nitrogens is 3. The van der Waals surface area contributed by atoms with Crippen LogP contribution < -0.4 is 5.32 Å². The highest BCUT2D eigenvalue weighted by Crippen LogP contribution is 2.48. The van der Waals surface area contributed by atoms with Gasteiger partial charge in [-0.25, -0.2) is 0 Å². The Morgan fingerprint density at radius 2 is 1.85 bits per heavy atom. The van der Waals surface area contributed by atoms with Gasteiger partial charge in [0.05, 0.1) is 17.5 Å². The van der Waals surface area contributed by atoms with E-state index in [2.05, 4.69) is 15.5 Å². The molecule has 9 heteroatoms. The Morgan fingerprint density at radius 3 is 2.48 bits per heavy atom. The first kappa shape index (κ1) is 17.8. The number of pyridine rings is 1. The summed E-state index contributed by atoms with van der Waals surface area (Å²) in [5.41, 5.74) is -0.259. The number of rotatable bonds is 4. The number of alkyl halides is 3. The zero-order valence-electron chi connectivity index (χ0n) is 13.9. The molecular formula is C18H14ClF3N4O. The monoisotopic (exact) mass is 394 g/mol. The van der Waals surface area contributed by atoms with Gasteiger partial charge in [0, 0.05) is 11.2 Å². The van der Waals surface area contributed by atoms with E-state index in [0.29, 0.717) is 17.9 Å². The Bertz CT molecular complexity index is 1010. The van der Waals surface area contributed by atoms with Crippen molar-refractivity contribution >= 4 is 23.2 Å². The number of nitrogens with one attached hydrogen (secondary N) is 1. The van der Waals surface area contributed by atoms with Crippen LogP contribution in [0.2, 0.25) is 5.02 Å². The van der Waals surface area contributed by atoms with Crippen molar-refractivity contribution in [3.05, 3.63) is 64.6 Å². The molecule has 4 rings (SSSR count). The molecule has 0 saturated heterocycles. The van der Waals surface area contributed by atoms with E-state index in [1.807, 2.05) is 12.1 Å². The highest BCUT2D eigenvalue weighted by Gasteiger charge is 2.51. The first-order valence-electron chi connectivity index (χ1n) is 8.25. The van der Waals surface area contributed by atoms with Crippen molar-refractivity contribution in [1.29, 1.82) is 0 Å². The Hall–Kier alpha value is -2.61. The summed E-state index contributed by atoms with van der Waals surface area (Å²) in [6.07, 6.45) is -2.12. The lowest BCUT2D eigenvalue weighted by Crippen LogP contribution is -2.34. The van der Waals surface area contributed by atoms with Crippen molar-refractivity contribution in [1.82, 2.24) is 19.9 Å². The van der Waals surface area contributed by atoms with Crippen molar-refractivity contribution in [2.75, 3.05) is 0 Å². The Morgan fingerprint density at radius 1 is 1.15 bits per heavy atom. The van der Waals surface area contributed by atoms with Crippen LogP contribution in [0.25, 0.3) is 5.65 Å². The number of nitrogens with zero attached hydrogens (tertiary/aromatic N) is 3. The minimum atomic E-state index is -4.47. The van der Waals surface area contributed by atoms with E-state index in [9.17, 15) is 18.0 Å². The second-order valence-electron chi connectivity index (χ2n) is 6.53. The van der Waals surface area contributed by atoms with Gasteiger partial charge in [-0.05, 0) is 42.7 Å². The van der Waals surface area contributed by atoms with Crippen LogP contribution in [0.5, 0.6) is 0 Å². The summed E-state index contributed by atoms with van der Waals surface area (Å²) >= 11 is 5.89. The SMILES string of the molecule is O=C(NCc1nnc2ccc(C(F)(F)F)cn12)C1(c2ccc(Cl)cc2)CC1. The first-order chi connectivity index (χ1) is 12.8. The van der Waals surface area contributed by atoms with E-state index >= 15 is 0 Å². The number of amides is 1. The average Bonchev–Trinajstić information content (AvgIpc) is 3.34. The molecule has 0 atom stereocenters. The van der Waals surface area contributed by atoms with Gasteiger partial charge in [0.2, 0.25) is 5.91 Å². The lowest BCUT2D eigenvalue weighted by atomic mass is 9.95. The van der Waals surface area contributed by atoms with Gasteiger partial charge in [0.1, 0.15) is 0 Å². The Labute approximate surface area is 157 Å². The molecule has 0 radical (unpaired) electrons. The normalized spacial score (nSPS) is 15.7. The summed E-state index contributed by atoms with van der Waals surface area (Å²) in [7, 11) is 0. The Balaban J connectivity index is 1.53. The molecule has 0 bridgehead atoms. The van der Waals surface area contributed by atoms with Crippen LogP contribution in [0.3, 0.4) is 0 Å². The number of benzene rings is 1. The van der Waals surface area contributed by atoms with E-state index < -0.39 is 17.2 Å². The molecule has 2 aromatic heterocycles. The number of carbonyl (C=O) groups is 1. The number of fused-ring (bicyclic) bond motifs is 1. The smallest absolute Gasteiger partial charge is 0.348 e. The third-order valence-electron chi connectivity index (χ3n) is 4.79. The molecule has 140 valence electrons. The van der Waals surface area contributed by atoms with Crippen LogP contribution >= 0.6 is 11.6 Å². The molecule has 27 heavy (non-hydrogen) atoms. The maximum Gasteiger partial charge on any atom is 0.417 e. The molecule has 1 aliphatic rings. The third kappa shape index (κ3) is 3.25. The summed E-state index contributed by atoms with van der Waals surface area (Å²) in [5.74, 6) is 0.0462. The molecule has 5 nitrogen and oxygen atoms in total. The molecule has 2 heterocycles. The van der Waals surface area contributed by atoms with Gasteiger partial charge in [-0.3, -0.25) is 9.20 Å². The standard InChI is InChI=1S/C18H14ClF3N4O/c19-13-4-1-11(2-5-13)17(7-8-17)16(27)23-9-15-25-24-14-6-3-12(10-26(14)15)18(20,21)22/h1-6,10H,7-9H2,(H,23,27). The molecule has 1 amide bonds.